The van der Waals surface area contributed by atoms with Crippen molar-refractivity contribution in [3.8, 4) is 0 Å². The predicted molar refractivity (Wildman–Crippen MR) is 114 cm³/mol. The van der Waals surface area contributed by atoms with Gasteiger partial charge in [-0.25, -0.2) is 0 Å². The predicted octanol–water partition coefficient (Wildman–Crippen LogP) is 4.89. The number of benzene rings is 2. The summed E-state index contributed by atoms with van der Waals surface area (Å²) in [6.07, 6.45) is 5.46. The lowest BCUT2D eigenvalue weighted by Gasteiger charge is -2.23. The first-order chi connectivity index (χ1) is 13.1. The summed E-state index contributed by atoms with van der Waals surface area (Å²) in [5, 5.41) is 1.40. The molecule has 0 fully saturated rings. The lowest BCUT2D eigenvalue weighted by Crippen LogP contribution is -2.26. The molecule has 3 heteroatoms. The van der Waals surface area contributed by atoms with Crippen LogP contribution >= 0.6 is 0 Å². The van der Waals surface area contributed by atoms with E-state index in [4.69, 9.17) is 0 Å². The van der Waals surface area contributed by atoms with Crippen LogP contribution in [0.2, 0.25) is 0 Å². The molecule has 0 saturated heterocycles. The summed E-state index contributed by atoms with van der Waals surface area (Å²) < 4.78 is 2.44. The third-order valence-corrected chi connectivity index (χ3v) is 5.96. The van der Waals surface area contributed by atoms with Gasteiger partial charge in [-0.05, 0) is 55.3 Å². The van der Waals surface area contributed by atoms with Gasteiger partial charge in [0.05, 0.1) is 12.1 Å². The van der Waals surface area contributed by atoms with E-state index >= 15 is 0 Å². The molecule has 0 saturated carbocycles. The van der Waals surface area contributed by atoms with E-state index < -0.39 is 0 Å². The standard InChI is InChI=1S/C24H25N3/c1-16-7-8-23-20(11-16)22-15-26(3)10-9-24(22)27(23)14-17(2)19-6-4-5-18-12-25-13-21(18)19/h4-8,11,13-14H,9-10,12,15H2,1-3H3/b17-14-. The molecule has 3 heterocycles. The van der Waals surface area contributed by atoms with Gasteiger partial charge in [-0.1, -0.05) is 29.8 Å². The van der Waals surface area contributed by atoms with E-state index in [-0.39, 0.29) is 0 Å². The number of hydrogen-bond donors (Lipinski definition) is 0. The molecule has 2 aromatic carbocycles. The summed E-state index contributed by atoms with van der Waals surface area (Å²) in [7, 11) is 2.22. The molecule has 136 valence electrons. The topological polar surface area (TPSA) is 20.5 Å². The van der Waals surface area contributed by atoms with Crippen molar-refractivity contribution in [1.82, 2.24) is 9.47 Å². The van der Waals surface area contributed by atoms with E-state index in [0.717, 1.165) is 26.1 Å². The van der Waals surface area contributed by atoms with Crippen molar-refractivity contribution in [3.05, 3.63) is 69.9 Å². The van der Waals surface area contributed by atoms with Crippen LogP contribution in [0.1, 0.15) is 40.4 Å². The molecular formula is C24H25N3. The molecule has 5 rings (SSSR count). The molecule has 3 nitrogen and oxygen atoms in total. The van der Waals surface area contributed by atoms with Crippen molar-refractivity contribution in [1.29, 1.82) is 0 Å². The maximum Gasteiger partial charge on any atom is 0.0646 e. The zero-order valence-corrected chi connectivity index (χ0v) is 16.3. The van der Waals surface area contributed by atoms with Gasteiger partial charge >= 0.3 is 0 Å². The Kier molecular flexibility index (Phi) is 3.80. The fraction of sp³-hybridized carbons (Fsp3) is 0.292. The number of hydrogen-bond acceptors (Lipinski definition) is 2. The maximum absolute atomic E-state index is 4.47. The van der Waals surface area contributed by atoms with Crippen molar-refractivity contribution < 1.29 is 0 Å². The van der Waals surface area contributed by atoms with Gasteiger partial charge in [0.2, 0.25) is 0 Å². The Morgan fingerprint density at radius 3 is 2.96 bits per heavy atom. The van der Waals surface area contributed by atoms with Gasteiger partial charge in [-0.3, -0.25) is 4.99 Å². The Labute approximate surface area is 160 Å². The molecule has 0 atom stereocenters. The fourth-order valence-electron chi connectivity index (χ4n) is 4.53. The Morgan fingerprint density at radius 2 is 2.07 bits per heavy atom. The number of fused-ring (bicyclic) bond motifs is 4. The molecular weight excluding hydrogens is 330 g/mol. The Hall–Kier alpha value is -2.65. The summed E-state index contributed by atoms with van der Waals surface area (Å²) in [5.41, 5.74) is 10.8. The fourth-order valence-corrected chi connectivity index (χ4v) is 4.53. The molecule has 0 radical (unpaired) electrons. The minimum atomic E-state index is 0.809. The summed E-state index contributed by atoms with van der Waals surface area (Å²) in [4.78, 5) is 6.89. The van der Waals surface area contributed by atoms with Gasteiger partial charge in [0, 0.05) is 48.6 Å². The van der Waals surface area contributed by atoms with Crippen LogP contribution in [0.3, 0.4) is 0 Å². The van der Waals surface area contributed by atoms with Crippen LogP contribution in [0.25, 0.3) is 22.7 Å². The van der Waals surface area contributed by atoms with E-state index in [0.29, 0.717) is 0 Å². The van der Waals surface area contributed by atoms with Gasteiger partial charge in [0.25, 0.3) is 0 Å². The molecule has 0 N–H and O–H groups in total. The highest BCUT2D eigenvalue weighted by Crippen LogP contribution is 2.33. The highest BCUT2D eigenvalue weighted by molar-refractivity contribution is 5.95. The SMILES string of the molecule is C/C(=C/n1c2c(c3cc(C)ccc31)CN(C)CC2)c1cccc2c1C=NC2. The second-order valence-corrected chi connectivity index (χ2v) is 7.96. The molecule has 0 aliphatic carbocycles. The summed E-state index contributed by atoms with van der Waals surface area (Å²) in [5.74, 6) is 0. The lowest BCUT2D eigenvalue weighted by atomic mass is 9.98. The maximum atomic E-state index is 4.47. The zero-order valence-electron chi connectivity index (χ0n) is 16.3. The monoisotopic (exact) mass is 355 g/mol. The summed E-state index contributed by atoms with van der Waals surface area (Å²) in [6.45, 7) is 7.36. The molecule has 0 bridgehead atoms. The number of allylic oxidation sites excluding steroid dienone is 1. The number of aliphatic imine (C=N–C) groups is 1. The van der Waals surface area contributed by atoms with Crippen molar-refractivity contribution >= 4 is 28.9 Å². The van der Waals surface area contributed by atoms with Crippen LogP contribution in [0.4, 0.5) is 0 Å². The van der Waals surface area contributed by atoms with E-state index in [9.17, 15) is 0 Å². The molecule has 0 unspecified atom stereocenters. The molecule has 2 aliphatic heterocycles. The van der Waals surface area contributed by atoms with Crippen molar-refractivity contribution in [2.75, 3.05) is 13.6 Å². The van der Waals surface area contributed by atoms with Crippen LogP contribution < -0.4 is 0 Å². The Morgan fingerprint density at radius 1 is 1.19 bits per heavy atom. The highest BCUT2D eigenvalue weighted by atomic mass is 15.1. The van der Waals surface area contributed by atoms with Crippen LogP contribution in [0.5, 0.6) is 0 Å². The van der Waals surface area contributed by atoms with Crippen molar-refractivity contribution in [2.45, 2.75) is 33.4 Å². The number of aromatic nitrogens is 1. The first-order valence-corrected chi connectivity index (χ1v) is 9.73. The normalized spacial score (nSPS) is 16.8. The minimum Gasteiger partial charge on any atom is -0.320 e. The highest BCUT2D eigenvalue weighted by Gasteiger charge is 2.22. The second-order valence-electron chi connectivity index (χ2n) is 7.96. The van der Waals surface area contributed by atoms with E-state index in [1.165, 1.54) is 50.0 Å². The smallest absolute Gasteiger partial charge is 0.0646 e. The van der Waals surface area contributed by atoms with Crippen molar-refractivity contribution in [2.24, 2.45) is 4.99 Å². The van der Waals surface area contributed by atoms with E-state index in [2.05, 4.69) is 78.0 Å². The van der Waals surface area contributed by atoms with E-state index in [1.807, 2.05) is 6.21 Å². The van der Waals surface area contributed by atoms with Gasteiger partial charge in [-0.2, -0.15) is 0 Å². The van der Waals surface area contributed by atoms with Gasteiger partial charge < -0.3 is 9.47 Å². The van der Waals surface area contributed by atoms with E-state index in [1.54, 1.807) is 0 Å². The molecule has 0 spiro atoms. The molecule has 1 aromatic heterocycles. The summed E-state index contributed by atoms with van der Waals surface area (Å²) >= 11 is 0. The zero-order chi connectivity index (χ0) is 18.5. The van der Waals surface area contributed by atoms with Crippen LogP contribution in [-0.4, -0.2) is 29.3 Å². The third-order valence-electron chi connectivity index (χ3n) is 5.96. The van der Waals surface area contributed by atoms with Crippen LogP contribution in [0, 0.1) is 6.92 Å². The number of aryl methyl sites for hydroxylation is 1. The molecule has 27 heavy (non-hydrogen) atoms. The number of likely N-dealkylation sites (N-methyl/N-ethyl adjacent to an activating group) is 1. The van der Waals surface area contributed by atoms with Crippen molar-refractivity contribution in [3.63, 3.8) is 0 Å². The van der Waals surface area contributed by atoms with Gasteiger partial charge in [0.15, 0.2) is 0 Å². The minimum absolute atomic E-state index is 0.809. The van der Waals surface area contributed by atoms with Gasteiger partial charge in [0.1, 0.15) is 0 Å². The largest absolute Gasteiger partial charge is 0.320 e. The molecule has 3 aromatic rings. The third kappa shape index (κ3) is 2.65. The summed E-state index contributed by atoms with van der Waals surface area (Å²) in [6, 6.07) is 13.4. The molecule has 0 amide bonds. The Balaban J connectivity index is 1.71. The average Bonchev–Trinajstić information content (AvgIpc) is 3.25. The van der Waals surface area contributed by atoms with Gasteiger partial charge in [-0.15, -0.1) is 0 Å². The molecule has 2 aliphatic rings. The lowest BCUT2D eigenvalue weighted by molar-refractivity contribution is 0.312. The quantitative estimate of drug-likeness (QED) is 0.641. The number of rotatable bonds is 2. The first kappa shape index (κ1) is 16.5. The number of nitrogens with zero attached hydrogens (tertiary/aromatic N) is 3. The average molecular weight is 355 g/mol. The van der Waals surface area contributed by atoms with Crippen LogP contribution in [-0.2, 0) is 19.5 Å². The Bertz CT molecular complexity index is 1110. The second kappa shape index (κ2) is 6.21. The van der Waals surface area contributed by atoms with Crippen LogP contribution in [0.15, 0.2) is 41.4 Å². The first-order valence-electron chi connectivity index (χ1n) is 9.73.